The largest absolute Gasteiger partial charge is 0.411 e. The molecule has 2 rings (SSSR count). The summed E-state index contributed by atoms with van der Waals surface area (Å²) in [5, 5.41) is 14.3. The Bertz CT molecular complexity index is 766. The number of guanidine groups is 1. The number of nitrogens with one attached hydrogen (secondary N) is 2. The van der Waals surface area contributed by atoms with Gasteiger partial charge in [-0.3, -0.25) is 4.99 Å². The maximum absolute atomic E-state index is 12.2. The molecule has 0 spiro atoms. The SMILES string of the molecule is CCc1nncn1CCNC(=NC)NCc1cccc(COCC(F)(F)F)c1.I. The minimum Gasteiger partial charge on any atom is -0.367 e. The first-order chi connectivity index (χ1) is 13.4. The molecule has 0 aliphatic rings. The molecule has 29 heavy (non-hydrogen) atoms. The second-order valence-corrected chi connectivity index (χ2v) is 6.07. The molecule has 0 fully saturated rings. The van der Waals surface area contributed by atoms with Crippen LogP contribution in [0.15, 0.2) is 35.6 Å². The van der Waals surface area contributed by atoms with Gasteiger partial charge in [-0.1, -0.05) is 31.2 Å². The van der Waals surface area contributed by atoms with Crippen LogP contribution in [0, 0.1) is 0 Å². The highest BCUT2D eigenvalue weighted by Gasteiger charge is 2.27. The van der Waals surface area contributed by atoms with Crippen molar-refractivity contribution in [3.8, 4) is 0 Å². The highest BCUT2D eigenvalue weighted by atomic mass is 127. The second-order valence-electron chi connectivity index (χ2n) is 6.07. The molecule has 2 aromatic rings. The van der Waals surface area contributed by atoms with E-state index in [2.05, 4.69) is 25.8 Å². The first-order valence-electron chi connectivity index (χ1n) is 8.94. The van der Waals surface area contributed by atoms with Crippen LogP contribution in [0.25, 0.3) is 0 Å². The quantitative estimate of drug-likeness (QED) is 0.299. The van der Waals surface area contributed by atoms with Crippen molar-refractivity contribution in [2.45, 2.75) is 39.2 Å². The van der Waals surface area contributed by atoms with E-state index < -0.39 is 12.8 Å². The number of nitrogens with zero attached hydrogens (tertiary/aromatic N) is 4. The molecule has 1 aromatic heterocycles. The Kier molecular flexibility index (Phi) is 10.9. The molecule has 1 aromatic carbocycles. The Morgan fingerprint density at radius 3 is 2.69 bits per heavy atom. The maximum atomic E-state index is 12.2. The molecule has 0 saturated heterocycles. The number of halogens is 4. The zero-order valence-electron chi connectivity index (χ0n) is 16.4. The highest BCUT2D eigenvalue weighted by molar-refractivity contribution is 14.0. The predicted octanol–water partition coefficient (Wildman–Crippen LogP) is 2.90. The molecule has 0 atom stereocenters. The number of aliphatic imine (C=N–C) groups is 1. The summed E-state index contributed by atoms with van der Waals surface area (Å²) in [5.41, 5.74) is 1.61. The Hall–Kier alpha value is -1.89. The van der Waals surface area contributed by atoms with Crippen LogP contribution >= 0.6 is 24.0 Å². The predicted molar refractivity (Wildman–Crippen MR) is 115 cm³/mol. The summed E-state index contributed by atoms with van der Waals surface area (Å²) >= 11 is 0. The topological polar surface area (TPSA) is 76.4 Å². The third-order valence-electron chi connectivity index (χ3n) is 3.87. The summed E-state index contributed by atoms with van der Waals surface area (Å²) in [7, 11) is 1.67. The van der Waals surface area contributed by atoms with Gasteiger partial charge in [-0.2, -0.15) is 13.2 Å². The van der Waals surface area contributed by atoms with Gasteiger partial charge >= 0.3 is 6.18 Å². The van der Waals surface area contributed by atoms with E-state index in [0.29, 0.717) is 31.2 Å². The van der Waals surface area contributed by atoms with Crippen molar-refractivity contribution in [2.75, 3.05) is 20.2 Å². The summed E-state index contributed by atoms with van der Waals surface area (Å²) in [6.07, 6.45) is -1.80. The molecular weight excluding hydrogens is 500 g/mol. The fourth-order valence-electron chi connectivity index (χ4n) is 2.55. The summed E-state index contributed by atoms with van der Waals surface area (Å²) in [6, 6.07) is 7.22. The molecule has 2 N–H and O–H groups in total. The van der Waals surface area contributed by atoms with Gasteiger partial charge < -0.3 is 19.9 Å². The molecule has 0 saturated carbocycles. The van der Waals surface area contributed by atoms with E-state index in [4.69, 9.17) is 4.74 Å². The first-order valence-corrected chi connectivity index (χ1v) is 8.94. The molecule has 7 nitrogen and oxygen atoms in total. The number of aryl methyl sites for hydroxylation is 1. The third kappa shape index (κ3) is 9.43. The lowest BCUT2D eigenvalue weighted by Crippen LogP contribution is -2.38. The minimum atomic E-state index is -4.32. The zero-order chi connectivity index (χ0) is 20.4. The molecular formula is C18H26F3IN6O. The Balaban J connectivity index is 0.00000420. The van der Waals surface area contributed by atoms with E-state index in [1.807, 2.05) is 17.6 Å². The van der Waals surface area contributed by atoms with Crippen LogP contribution in [0.1, 0.15) is 23.9 Å². The summed E-state index contributed by atoms with van der Waals surface area (Å²) in [5.74, 6) is 1.55. The Morgan fingerprint density at radius 1 is 1.24 bits per heavy atom. The van der Waals surface area contributed by atoms with E-state index in [1.54, 1.807) is 31.6 Å². The number of benzene rings is 1. The average molecular weight is 526 g/mol. The summed E-state index contributed by atoms with van der Waals surface area (Å²) in [4.78, 5) is 4.17. The van der Waals surface area contributed by atoms with Crippen molar-refractivity contribution < 1.29 is 17.9 Å². The van der Waals surface area contributed by atoms with Crippen molar-refractivity contribution >= 4 is 29.9 Å². The van der Waals surface area contributed by atoms with Crippen LogP contribution in [-0.4, -0.2) is 47.1 Å². The summed E-state index contributed by atoms with van der Waals surface area (Å²) in [6.45, 7) is 2.53. The molecule has 0 amide bonds. The first kappa shape index (κ1) is 25.1. The van der Waals surface area contributed by atoms with Gasteiger partial charge in [-0.05, 0) is 11.1 Å². The number of ether oxygens (including phenoxy) is 1. The van der Waals surface area contributed by atoms with Gasteiger partial charge in [-0.15, -0.1) is 34.2 Å². The number of aromatic nitrogens is 3. The number of rotatable bonds is 9. The Morgan fingerprint density at radius 2 is 2.00 bits per heavy atom. The fourth-order valence-corrected chi connectivity index (χ4v) is 2.55. The van der Waals surface area contributed by atoms with Gasteiger partial charge in [0.25, 0.3) is 0 Å². The van der Waals surface area contributed by atoms with Gasteiger partial charge in [0.15, 0.2) is 5.96 Å². The lowest BCUT2D eigenvalue weighted by Gasteiger charge is -2.13. The molecule has 0 aliphatic heterocycles. The lowest BCUT2D eigenvalue weighted by molar-refractivity contribution is -0.176. The Labute approximate surface area is 185 Å². The average Bonchev–Trinajstić information content (AvgIpc) is 3.11. The van der Waals surface area contributed by atoms with E-state index >= 15 is 0 Å². The van der Waals surface area contributed by atoms with Crippen LogP contribution in [0.2, 0.25) is 0 Å². The van der Waals surface area contributed by atoms with Crippen molar-refractivity contribution in [3.63, 3.8) is 0 Å². The second kappa shape index (κ2) is 12.6. The van der Waals surface area contributed by atoms with Crippen LogP contribution < -0.4 is 10.6 Å². The lowest BCUT2D eigenvalue weighted by atomic mass is 10.1. The standard InChI is InChI=1S/C18H25F3N6O.HI/c1-3-16-26-25-13-27(16)8-7-23-17(22-2)24-10-14-5-4-6-15(9-14)11-28-12-18(19,20)21;/h4-6,9,13H,3,7-8,10-12H2,1-2H3,(H2,22,23,24);1H. The van der Waals surface area contributed by atoms with Crippen molar-refractivity contribution in [2.24, 2.45) is 4.99 Å². The molecule has 0 bridgehead atoms. The maximum Gasteiger partial charge on any atom is 0.411 e. The number of hydrogen-bond acceptors (Lipinski definition) is 4. The molecule has 1 heterocycles. The van der Waals surface area contributed by atoms with Crippen LogP contribution in [0.4, 0.5) is 13.2 Å². The number of hydrogen-bond donors (Lipinski definition) is 2. The normalized spacial score (nSPS) is 11.8. The third-order valence-corrected chi connectivity index (χ3v) is 3.87. The van der Waals surface area contributed by atoms with Gasteiger partial charge in [0.1, 0.15) is 18.8 Å². The number of alkyl halides is 3. The van der Waals surface area contributed by atoms with Crippen LogP contribution in [0.3, 0.4) is 0 Å². The van der Waals surface area contributed by atoms with Gasteiger partial charge in [0.2, 0.25) is 0 Å². The van der Waals surface area contributed by atoms with E-state index in [-0.39, 0.29) is 30.6 Å². The van der Waals surface area contributed by atoms with Crippen LogP contribution in [0.5, 0.6) is 0 Å². The highest BCUT2D eigenvalue weighted by Crippen LogP contribution is 2.16. The monoisotopic (exact) mass is 526 g/mol. The van der Waals surface area contributed by atoms with Gasteiger partial charge in [0, 0.05) is 33.1 Å². The van der Waals surface area contributed by atoms with Crippen molar-refractivity contribution in [1.82, 2.24) is 25.4 Å². The zero-order valence-corrected chi connectivity index (χ0v) is 18.7. The minimum absolute atomic E-state index is 0. The van der Waals surface area contributed by atoms with E-state index in [9.17, 15) is 13.2 Å². The molecule has 0 radical (unpaired) electrons. The van der Waals surface area contributed by atoms with E-state index in [0.717, 1.165) is 17.8 Å². The molecule has 0 unspecified atom stereocenters. The van der Waals surface area contributed by atoms with E-state index in [1.165, 1.54) is 0 Å². The van der Waals surface area contributed by atoms with Crippen molar-refractivity contribution in [3.05, 3.63) is 47.5 Å². The molecule has 11 heteroatoms. The fraction of sp³-hybridized carbons (Fsp3) is 0.500. The summed E-state index contributed by atoms with van der Waals surface area (Å²) < 4.78 is 43.1. The van der Waals surface area contributed by atoms with Gasteiger partial charge in [0.05, 0.1) is 6.61 Å². The smallest absolute Gasteiger partial charge is 0.367 e. The van der Waals surface area contributed by atoms with Crippen LogP contribution in [-0.2, 0) is 30.9 Å². The molecule has 162 valence electrons. The van der Waals surface area contributed by atoms with Gasteiger partial charge in [-0.25, -0.2) is 0 Å². The molecule has 0 aliphatic carbocycles. The van der Waals surface area contributed by atoms with Crippen molar-refractivity contribution in [1.29, 1.82) is 0 Å².